The van der Waals surface area contributed by atoms with E-state index >= 15 is 0 Å². The van der Waals surface area contributed by atoms with Crippen LogP contribution in [0.1, 0.15) is 12.5 Å². The molecule has 0 fully saturated rings. The molecule has 0 unspecified atom stereocenters. The second-order valence-corrected chi connectivity index (χ2v) is 5.78. The Bertz CT molecular complexity index is 1040. The number of nitro groups is 1. The SMILES string of the molecule is CCOC(=O)NN=Cc1cn(-c2cccc(Cl)c2)nc1-c1ccc([N+](=O)[O-])o1. The molecule has 0 spiro atoms. The lowest BCUT2D eigenvalue weighted by Gasteiger charge is -2.00. The highest BCUT2D eigenvalue weighted by atomic mass is 35.5. The van der Waals surface area contributed by atoms with E-state index in [1.54, 1.807) is 37.4 Å². The highest BCUT2D eigenvalue weighted by Crippen LogP contribution is 2.28. The van der Waals surface area contributed by atoms with E-state index in [-0.39, 0.29) is 12.4 Å². The Morgan fingerprint density at radius 2 is 2.29 bits per heavy atom. The fraction of sp³-hybridized carbons (Fsp3) is 0.118. The van der Waals surface area contributed by atoms with Gasteiger partial charge in [-0.15, -0.1) is 0 Å². The summed E-state index contributed by atoms with van der Waals surface area (Å²) >= 11 is 6.02. The van der Waals surface area contributed by atoms with Crippen molar-refractivity contribution in [3.63, 3.8) is 0 Å². The van der Waals surface area contributed by atoms with Crippen LogP contribution in [0.15, 0.2) is 52.1 Å². The lowest BCUT2D eigenvalue weighted by Crippen LogP contribution is -2.18. The maximum atomic E-state index is 11.4. The molecule has 0 radical (unpaired) electrons. The smallest absolute Gasteiger partial charge is 0.433 e. The predicted molar refractivity (Wildman–Crippen MR) is 101 cm³/mol. The molecule has 1 amide bonds. The van der Waals surface area contributed by atoms with Crippen LogP contribution >= 0.6 is 11.6 Å². The van der Waals surface area contributed by atoms with Crippen LogP contribution in [0.25, 0.3) is 17.1 Å². The van der Waals surface area contributed by atoms with Crippen LogP contribution < -0.4 is 5.43 Å². The first-order chi connectivity index (χ1) is 13.5. The number of nitrogens with zero attached hydrogens (tertiary/aromatic N) is 4. The van der Waals surface area contributed by atoms with E-state index in [9.17, 15) is 14.9 Å². The van der Waals surface area contributed by atoms with Crippen molar-refractivity contribution in [3.8, 4) is 17.1 Å². The number of benzene rings is 1. The van der Waals surface area contributed by atoms with Gasteiger partial charge in [0.1, 0.15) is 10.6 Å². The van der Waals surface area contributed by atoms with Gasteiger partial charge in [-0.25, -0.2) is 14.9 Å². The van der Waals surface area contributed by atoms with Gasteiger partial charge in [0.05, 0.1) is 24.6 Å². The molecule has 0 aliphatic heterocycles. The minimum Gasteiger partial charge on any atom is -0.449 e. The number of rotatable bonds is 6. The van der Waals surface area contributed by atoms with Gasteiger partial charge >= 0.3 is 12.0 Å². The van der Waals surface area contributed by atoms with Crippen LogP contribution in [0.4, 0.5) is 10.7 Å². The summed E-state index contributed by atoms with van der Waals surface area (Å²) in [5.41, 5.74) is 3.60. The van der Waals surface area contributed by atoms with E-state index in [1.165, 1.54) is 23.0 Å². The molecule has 2 heterocycles. The van der Waals surface area contributed by atoms with Crippen LogP contribution in [0, 0.1) is 10.1 Å². The minimum absolute atomic E-state index is 0.171. The third-order valence-electron chi connectivity index (χ3n) is 3.46. The standard InChI is InChI=1S/C17H14ClN5O5/c1-2-27-17(24)20-19-9-11-10-22(13-5-3-4-12(18)8-13)21-16(11)14-6-7-15(28-14)23(25)26/h3-10H,2H2,1H3,(H,20,24). The molecule has 3 rings (SSSR count). The van der Waals surface area contributed by atoms with Gasteiger partial charge in [0, 0.05) is 16.8 Å². The van der Waals surface area contributed by atoms with Gasteiger partial charge in [-0.05, 0) is 31.2 Å². The number of hydrazone groups is 1. The van der Waals surface area contributed by atoms with Crippen LogP contribution in [0.5, 0.6) is 0 Å². The number of carbonyl (C=O) groups excluding carboxylic acids is 1. The molecule has 0 aliphatic carbocycles. The Morgan fingerprint density at radius 3 is 2.96 bits per heavy atom. The fourth-order valence-electron chi connectivity index (χ4n) is 2.30. The number of ether oxygens (including phenoxy) is 1. The van der Waals surface area contributed by atoms with Crippen molar-refractivity contribution in [1.82, 2.24) is 15.2 Å². The molecule has 10 nitrogen and oxygen atoms in total. The zero-order chi connectivity index (χ0) is 20.1. The van der Waals surface area contributed by atoms with Crippen molar-refractivity contribution >= 4 is 29.8 Å². The molecular formula is C17H14ClN5O5. The molecule has 11 heteroatoms. The lowest BCUT2D eigenvalue weighted by molar-refractivity contribution is -0.401. The molecule has 28 heavy (non-hydrogen) atoms. The highest BCUT2D eigenvalue weighted by molar-refractivity contribution is 6.30. The molecule has 3 aromatic rings. The number of amides is 1. The second kappa shape index (κ2) is 8.35. The zero-order valence-electron chi connectivity index (χ0n) is 14.5. The topological polar surface area (TPSA) is 125 Å². The molecule has 0 saturated carbocycles. The van der Waals surface area contributed by atoms with Gasteiger partial charge in [-0.1, -0.05) is 17.7 Å². The van der Waals surface area contributed by atoms with Crippen molar-refractivity contribution in [1.29, 1.82) is 0 Å². The lowest BCUT2D eigenvalue weighted by atomic mass is 10.2. The molecule has 0 aliphatic rings. The minimum atomic E-state index is -0.712. The number of halogens is 1. The Morgan fingerprint density at radius 1 is 1.46 bits per heavy atom. The maximum Gasteiger partial charge on any atom is 0.433 e. The Balaban J connectivity index is 1.98. The molecule has 1 N–H and O–H groups in total. The summed E-state index contributed by atoms with van der Waals surface area (Å²) in [6.45, 7) is 1.87. The van der Waals surface area contributed by atoms with Crippen LogP contribution in [-0.2, 0) is 4.74 Å². The van der Waals surface area contributed by atoms with Crippen molar-refractivity contribution in [2.45, 2.75) is 6.92 Å². The van der Waals surface area contributed by atoms with Crippen LogP contribution in [-0.4, -0.2) is 33.6 Å². The number of hydrogen-bond donors (Lipinski definition) is 1. The molecule has 0 bridgehead atoms. The fourth-order valence-corrected chi connectivity index (χ4v) is 2.48. The summed E-state index contributed by atoms with van der Waals surface area (Å²) in [6, 6.07) is 9.61. The third-order valence-corrected chi connectivity index (χ3v) is 3.69. The Hall–Kier alpha value is -3.66. The van der Waals surface area contributed by atoms with E-state index in [4.69, 9.17) is 20.8 Å². The molecule has 144 valence electrons. The van der Waals surface area contributed by atoms with Gasteiger partial charge < -0.3 is 9.15 Å². The van der Waals surface area contributed by atoms with Gasteiger partial charge in [0.2, 0.25) is 0 Å². The van der Waals surface area contributed by atoms with Gasteiger partial charge in [-0.2, -0.15) is 10.2 Å². The predicted octanol–water partition coefficient (Wildman–Crippen LogP) is 3.77. The third kappa shape index (κ3) is 4.35. The molecule has 0 saturated heterocycles. The first kappa shape index (κ1) is 19.1. The Kier molecular flexibility index (Phi) is 5.70. The second-order valence-electron chi connectivity index (χ2n) is 5.34. The van der Waals surface area contributed by atoms with Crippen molar-refractivity contribution < 1.29 is 18.9 Å². The van der Waals surface area contributed by atoms with Crippen molar-refractivity contribution in [3.05, 3.63) is 63.3 Å². The molecule has 2 aromatic heterocycles. The first-order valence-corrected chi connectivity index (χ1v) is 8.41. The average Bonchev–Trinajstić information content (AvgIpc) is 3.29. The number of aromatic nitrogens is 2. The largest absolute Gasteiger partial charge is 0.449 e. The summed E-state index contributed by atoms with van der Waals surface area (Å²) in [6.07, 6.45) is 2.23. The van der Waals surface area contributed by atoms with E-state index in [2.05, 4.69) is 15.6 Å². The number of hydrogen-bond acceptors (Lipinski definition) is 7. The van der Waals surface area contributed by atoms with E-state index in [0.29, 0.717) is 22.0 Å². The summed E-state index contributed by atoms with van der Waals surface area (Å²) in [7, 11) is 0. The van der Waals surface area contributed by atoms with Gasteiger partial charge in [0.15, 0.2) is 5.76 Å². The van der Waals surface area contributed by atoms with E-state index in [1.807, 2.05) is 0 Å². The number of nitrogens with one attached hydrogen (secondary N) is 1. The van der Waals surface area contributed by atoms with Crippen molar-refractivity contribution in [2.75, 3.05) is 6.61 Å². The van der Waals surface area contributed by atoms with Gasteiger partial charge in [0.25, 0.3) is 0 Å². The summed E-state index contributed by atoms with van der Waals surface area (Å²) in [5.74, 6) is -0.245. The number of furan rings is 1. The highest BCUT2D eigenvalue weighted by Gasteiger charge is 2.19. The quantitative estimate of drug-likeness (QED) is 0.379. The monoisotopic (exact) mass is 403 g/mol. The Labute approximate surface area is 163 Å². The number of carbonyl (C=O) groups is 1. The van der Waals surface area contributed by atoms with Crippen LogP contribution in [0.2, 0.25) is 5.02 Å². The first-order valence-electron chi connectivity index (χ1n) is 8.04. The molecule has 0 atom stereocenters. The maximum absolute atomic E-state index is 11.4. The van der Waals surface area contributed by atoms with Gasteiger partial charge in [-0.3, -0.25) is 10.1 Å². The van der Waals surface area contributed by atoms with Crippen molar-refractivity contribution in [2.24, 2.45) is 5.10 Å². The normalized spacial score (nSPS) is 10.9. The molecule has 1 aromatic carbocycles. The molecular weight excluding hydrogens is 390 g/mol. The van der Waals surface area contributed by atoms with E-state index < -0.39 is 16.9 Å². The van der Waals surface area contributed by atoms with Crippen LogP contribution in [0.3, 0.4) is 0 Å². The summed E-state index contributed by atoms with van der Waals surface area (Å²) < 4.78 is 11.5. The average molecular weight is 404 g/mol. The zero-order valence-corrected chi connectivity index (χ0v) is 15.3. The summed E-state index contributed by atoms with van der Waals surface area (Å²) in [4.78, 5) is 21.6. The van der Waals surface area contributed by atoms with E-state index in [0.717, 1.165) is 0 Å². The summed E-state index contributed by atoms with van der Waals surface area (Å²) in [5, 5.41) is 19.6.